The number of rotatable bonds is 9. The number of hydrogen-bond acceptors (Lipinski definition) is 4. The third-order valence-electron chi connectivity index (χ3n) is 3.89. The molecule has 134 valence electrons. The third-order valence-corrected chi connectivity index (χ3v) is 3.89. The van der Waals surface area contributed by atoms with Crippen LogP contribution in [0, 0.1) is 0 Å². The van der Waals surface area contributed by atoms with Crippen LogP contribution in [-0.2, 0) is 29.1 Å². The number of nitrogens with zero attached hydrogens (tertiary/aromatic N) is 2. The average Bonchev–Trinajstić information content (AvgIpc) is 3.04. The number of amides is 1. The highest BCUT2D eigenvalue weighted by Gasteiger charge is 2.08. The summed E-state index contributed by atoms with van der Waals surface area (Å²) >= 11 is 0. The minimum atomic E-state index is -0.521. The number of nitrogens with one attached hydrogen (secondary N) is 1. The van der Waals surface area contributed by atoms with Crippen molar-refractivity contribution in [3.8, 4) is 0 Å². The van der Waals surface area contributed by atoms with Gasteiger partial charge in [-0.15, -0.1) is 0 Å². The molecule has 1 amide bonds. The molecule has 0 fully saturated rings. The second-order valence-electron chi connectivity index (χ2n) is 5.95. The molecule has 6 heteroatoms. The lowest BCUT2D eigenvalue weighted by molar-refractivity contribution is -0.117. The highest BCUT2D eigenvalue weighted by molar-refractivity contribution is 5.83. The van der Waals surface area contributed by atoms with E-state index in [0.717, 1.165) is 24.8 Å². The van der Waals surface area contributed by atoms with Crippen LogP contribution < -0.4 is 5.32 Å². The molecule has 1 heterocycles. The molecule has 1 N–H and O–H groups in total. The number of Topliss-reactive ketones (excluding diaryl/α,β-unsaturated/α-hetero) is 1. The van der Waals surface area contributed by atoms with Crippen molar-refractivity contribution in [2.45, 2.75) is 52.7 Å². The van der Waals surface area contributed by atoms with E-state index in [0.29, 0.717) is 18.8 Å². The van der Waals surface area contributed by atoms with Crippen molar-refractivity contribution >= 4 is 17.7 Å². The fourth-order valence-corrected chi connectivity index (χ4v) is 2.53. The Bertz CT molecular complexity index is 709. The third kappa shape index (κ3) is 6.41. The summed E-state index contributed by atoms with van der Waals surface area (Å²) in [6.07, 6.45) is 4.49. The molecule has 0 aliphatic rings. The molecule has 0 saturated carbocycles. The van der Waals surface area contributed by atoms with Gasteiger partial charge in [-0.1, -0.05) is 31.2 Å². The molecule has 0 spiro atoms. The molecule has 0 unspecified atom stereocenters. The molecule has 1 aromatic heterocycles. The van der Waals surface area contributed by atoms with Crippen molar-refractivity contribution in [3.63, 3.8) is 0 Å². The lowest BCUT2D eigenvalue weighted by atomic mass is 10.1. The topological polar surface area (TPSA) is 73.2 Å². The minimum Gasteiger partial charge on any atom is -0.444 e. The van der Waals surface area contributed by atoms with Crippen molar-refractivity contribution < 1.29 is 14.3 Å². The summed E-state index contributed by atoms with van der Waals surface area (Å²) in [5.74, 6) is 0.663. The van der Waals surface area contributed by atoms with Gasteiger partial charge in [-0.25, -0.2) is 4.79 Å². The van der Waals surface area contributed by atoms with E-state index in [1.54, 1.807) is 23.9 Å². The van der Waals surface area contributed by atoms with Gasteiger partial charge in [0.2, 0.25) is 0 Å². The van der Waals surface area contributed by atoms with Crippen molar-refractivity contribution in [2.24, 2.45) is 0 Å². The van der Waals surface area contributed by atoms with Gasteiger partial charge in [-0.2, -0.15) is 5.10 Å². The number of aromatic nitrogens is 2. The minimum absolute atomic E-state index is 0.204. The van der Waals surface area contributed by atoms with Crippen LogP contribution in [0.4, 0.5) is 10.6 Å². The van der Waals surface area contributed by atoms with Crippen LogP contribution in [0.1, 0.15) is 44.2 Å². The second-order valence-corrected chi connectivity index (χ2v) is 5.95. The number of hydrogen-bond donors (Lipinski definition) is 1. The van der Waals surface area contributed by atoms with Gasteiger partial charge in [0.05, 0.1) is 0 Å². The van der Waals surface area contributed by atoms with Gasteiger partial charge in [-0.05, 0) is 37.3 Å². The maximum Gasteiger partial charge on any atom is 0.413 e. The summed E-state index contributed by atoms with van der Waals surface area (Å²) < 4.78 is 7.02. The normalized spacial score (nSPS) is 10.5. The Morgan fingerprint density at radius 2 is 1.92 bits per heavy atom. The molecule has 0 atom stereocenters. The Labute approximate surface area is 148 Å². The van der Waals surface area contributed by atoms with Crippen LogP contribution in [0.5, 0.6) is 0 Å². The highest BCUT2D eigenvalue weighted by Crippen LogP contribution is 2.12. The van der Waals surface area contributed by atoms with Gasteiger partial charge in [0.15, 0.2) is 5.82 Å². The van der Waals surface area contributed by atoms with Gasteiger partial charge in [-0.3, -0.25) is 10.00 Å². The molecule has 6 nitrogen and oxygen atoms in total. The van der Waals surface area contributed by atoms with E-state index in [-0.39, 0.29) is 12.4 Å². The van der Waals surface area contributed by atoms with E-state index < -0.39 is 6.09 Å². The van der Waals surface area contributed by atoms with Gasteiger partial charge >= 0.3 is 6.09 Å². The van der Waals surface area contributed by atoms with Crippen LogP contribution in [0.3, 0.4) is 0 Å². The number of aryl methyl sites for hydroxylation is 2. The van der Waals surface area contributed by atoms with Gasteiger partial charge in [0, 0.05) is 25.2 Å². The lowest BCUT2D eigenvalue weighted by Crippen LogP contribution is -2.14. The molecular weight excluding hydrogens is 318 g/mol. The zero-order valence-corrected chi connectivity index (χ0v) is 14.8. The number of unbranched alkanes of at least 4 members (excludes halogenated alkanes) is 1. The fraction of sp³-hybridized carbons (Fsp3) is 0.421. The van der Waals surface area contributed by atoms with Crippen molar-refractivity contribution in [1.29, 1.82) is 0 Å². The maximum absolute atomic E-state index is 11.9. The summed E-state index contributed by atoms with van der Waals surface area (Å²) in [7, 11) is 0. The number of ketones is 1. The molecule has 25 heavy (non-hydrogen) atoms. The Balaban J connectivity index is 1.76. The molecule has 0 radical (unpaired) electrons. The van der Waals surface area contributed by atoms with Crippen LogP contribution >= 0.6 is 0 Å². The van der Waals surface area contributed by atoms with Gasteiger partial charge < -0.3 is 9.53 Å². The van der Waals surface area contributed by atoms with Gasteiger partial charge in [0.25, 0.3) is 0 Å². The monoisotopic (exact) mass is 343 g/mol. The summed E-state index contributed by atoms with van der Waals surface area (Å²) in [6.45, 7) is 4.62. The highest BCUT2D eigenvalue weighted by atomic mass is 16.5. The van der Waals surface area contributed by atoms with Crippen molar-refractivity contribution in [3.05, 3.63) is 47.7 Å². The molecule has 2 rings (SSSR count). The standard InChI is InChI=1S/C19H25N3O3/c1-3-16-9-4-5-10-17(16)14-25-19(24)20-18-11-13-22(21-18)12-7-6-8-15(2)23/h4-5,9-11,13H,3,6-8,12,14H2,1-2H3,(H,20,21,24). The quantitative estimate of drug-likeness (QED) is 0.700. The Kier molecular flexibility index (Phi) is 7.19. The first-order valence-electron chi connectivity index (χ1n) is 8.62. The molecule has 0 aliphatic carbocycles. The Morgan fingerprint density at radius 1 is 1.16 bits per heavy atom. The number of benzene rings is 1. The average molecular weight is 343 g/mol. The molecule has 1 aromatic carbocycles. The fourth-order valence-electron chi connectivity index (χ4n) is 2.53. The Hall–Kier alpha value is -2.63. The van der Waals surface area contributed by atoms with Crippen LogP contribution in [0.15, 0.2) is 36.5 Å². The molecule has 0 bridgehead atoms. The van der Waals surface area contributed by atoms with E-state index in [9.17, 15) is 9.59 Å². The van der Waals surface area contributed by atoms with E-state index in [4.69, 9.17) is 4.74 Å². The zero-order valence-electron chi connectivity index (χ0n) is 14.8. The lowest BCUT2D eigenvalue weighted by Gasteiger charge is -2.08. The number of carbonyl (C=O) groups is 2. The largest absolute Gasteiger partial charge is 0.444 e. The maximum atomic E-state index is 11.9. The predicted octanol–water partition coefficient (Wildman–Crippen LogP) is 3.95. The first kappa shape index (κ1) is 18.7. The molecule has 0 saturated heterocycles. The molecular formula is C19H25N3O3. The molecule has 0 aliphatic heterocycles. The van der Waals surface area contributed by atoms with E-state index >= 15 is 0 Å². The predicted molar refractivity (Wildman–Crippen MR) is 96.4 cm³/mol. The smallest absolute Gasteiger partial charge is 0.413 e. The van der Waals surface area contributed by atoms with E-state index in [1.807, 2.05) is 24.3 Å². The van der Waals surface area contributed by atoms with Crippen LogP contribution in [0.2, 0.25) is 0 Å². The SMILES string of the molecule is CCc1ccccc1COC(=O)Nc1ccn(CCCCC(C)=O)n1. The first-order valence-corrected chi connectivity index (χ1v) is 8.62. The second kappa shape index (κ2) is 9.61. The summed E-state index contributed by atoms with van der Waals surface area (Å²) in [5, 5.41) is 6.91. The van der Waals surface area contributed by atoms with E-state index in [1.165, 1.54) is 5.56 Å². The number of carbonyl (C=O) groups excluding carboxylic acids is 2. The molecule has 2 aromatic rings. The summed E-state index contributed by atoms with van der Waals surface area (Å²) in [5.41, 5.74) is 2.18. The van der Waals surface area contributed by atoms with Gasteiger partial charge in [0.1, 0.15) is 12.4 Å². The number of anilines is 1. The first-order chi connectivity index (χ1) is 12.1. The number of ether oxygens (including phenoxy) is 1. The summed E-state index contributed by atoms with van der Waals surface area (Å²) in [6, 6.07) is 9.63. The summed E-state index contributed by atoms with van der Waals surface area (Å²) in [4.78, 5) is 22.8. The Morgan fingerprint density at radius 3 is 2.64 bits per heavy atom. The van der Waals surface area contributed by atoms with Crippen LogP contribution in [0.25, 0.3) is 0 Å². The van der Waals surface area contributed by atoms with E-state index in [2.05, 4.69) is 17.3 Å². The zero-order chi connectivity index (χ0) is 18.1. The van der Waals surface area contributed by atoms with Crippen molar-refractivity contribution in [2.75, 3.05) is 5.32 Å². The van der Waals surface area contributed by atoms with Crippen LogP contribution in [-0.4, -0.2) is 21.7 Å². The van der Waals surface area contributed by atoms with Crippen molar-refractivity contribution in [1.82, 2.24) is 9.78 Å².